The lowest BCUT2D eigenvalue weighted by atomic mass is 10.2. The zero-order chi connectivity index (χ0) is 16.4. The standard InChI is InChI=1S/C17H30N4O/c1-6-21(5)11-10-19-17(18-4)20-13-15(3)22-16-9-7-8-14(2)12-16/h7-9,12,15H,6,10-11,13H2,1-5H3,(H2,18,19,20). The molecule has 1 aromatic carbocycles. The van der Waals surface area contributed by atoms with Crippen LogP contribution in [0.15, 0.2) is 29.3 Å². The van der Waals surface area contributed by atoms with Gasteiger partial charge in [0, 0.05) is 20.1 Å². The topological polar surface area (TPSA) is 48.9 Å². The Hall–Kier alpha value is -1.75. The molecule has 2 N–H and O–H groups in total. The number of hydrogen-bond acceptors (Lipinski definition) is 3. The molecule has 0 radical (unpaired) electrons. The number of rotatable bonds is 8. The summed E-state index contributed by atoms with van der Waals surface area (Å²) >= 11 is 0. The highest BCUT2D eigenvalue weighted by molar-refractivity contribution is 5.79. The van der Waals surface area contributed by atoms with E-state index in [-0.39, 0.29) is 6.10 Å². The van der Waals surface area contributed by atoms with E-state index in [0.717, 1.165) is 31.3 Å². The van der Waals surface area contributed by atoms with E-state index >= 15 is 0 Å². The summed E-state index contributed by atoms with van der Waals surface area (Å²) in [7, 11) is 3.89. The van der Waals surface area contributed by atoms with Gasteiger partial charge in [0.15, 0.2) is 5.96 Å². The Labute approximate surface area is 134 Å². The van der Waals surface area contributed by atoms with Crippen LogP contribution in [0.3, 0.4) is 0 Å². The molecule has 0 spiro atoms. The minimum atomic E-state index is 0.0682. The Morgan fingerprint density at radius 2 is 2.14 bits per heavy atom. The van der Waals surface area contributed by atoms with Crippen LogP contribution in [0.4, 0.5) is 0 Å². The summed E-state index contributed by atoms with van der Waals surface area (Å²) in [6.45, 7) is 9.88. The first-order chi connectivity index (χ1) is 10.5. The fraction of sp³-hybridized carbons (Fsp3) is 0.588. The number of hydrogen-bond donors (Lipinski definition) is 2. The van der Waals surface area contributed by atoms with Crippen LogP contribution in [0.5, 0.6) is 5.75 Å². The van der Waals surface area contributed by atoms with E-state index in [1.165, 1.54) is 5.56 Å². The van der Waals surface area contributed by atoms with Gasteiger partial charge in [0.25, 0.3) is 0 Å². The van der Waals surface area contributed by atoms with Crippen LogP contribution in [0.1, 0.15) is 19.4 Å². The number of nitrogens with one attached hydrogen (secondary N) is 2. The number of ether oxygens (including phenoxy) is 1. The van der Waals surface area contributed by atoms with Crippen molar-refractivity contribution in [2.45, 2.75) is 26.9 Å². The van der Waals surface area contributed by atoms with Crippen molar-refractivity contribution in [3.05, 3.63) is 29.8 Å². The molecule has 0 aliphatic rings. The summed E-state index contributed by atoms with van der Waals surface area (Å²) in [5.41, 5.74) is 1.20. The minimum Gasteiger partial charge on any atom is -0.489 e. The minimum absolute atomic E-state index is 0.0682. The SMILES string of the molecule is CCN(C)CCNC(=NC)NCC(C)Oc1cccc(C)c1. The average Bonchev–Trinajstić information content (AvgIpc) is 2.50. The van der Waals surface area contributed by atoms with E-state index < -0.39 is 0 Å². The fourth-order valence-electron chi connectivity index (χ4n) is 1.95. The zero-order valence-electron chi connectivity index (χ0n) is 14.5. The largest absolute Gasteiger partial charge is 0.489 e. The van der Waals surface area contributed by atoms with Gasteiger partial charge < -0.3 is 20.3 Å². The lowest BCUT2D eigenvalue weighted by molar-refractivity contribution is 0.223. The summed E-state index contributed by atoms with van der Waals surface area (Å²) in [6, 6.07) is 8.10. The molecule has 0 amide bonds. The Morgan fingerprint density at radius 3 is 2.77 bits per heavy atom. The lowest BCUT2D eigenvalue weighted by Gasteiger charge is -2.19. The third-order valence-electron chi connectivity index (χ3n) is 3.43. The Kier molecular flexibility index (Phi) is 8.36. The average molecular weight is 306 g/mol. The molecule has 0 saturated carbocycles. The molecule has 0 bridgehead atoms. The molecule has 0 heterocycles. The first-order valence-electron chi connectivity index (χ1n) is 7.91. The summed E-state index contributed by atoms with van der Waals surface area (Å²) in [5, 5.41) is 6.60. The van der Waals surface area contributed by atoms with Crippen molar-refractivity contribution >= 4 is 5.96 Å². The molecular weight excluding hydrogens is 276 g/mol. The van der Waals surface area contributed by atoms with Crippen LogP contribution in [-0.2, 0) is 0 Å². The first-order valence-corrected chi connectivity index (χ1v) is 7.91. The number of likely N-dealkylation sites (N-methyl/N-ethyl adjacent to an activating group) is 1. The molecule has 5 nitrogen and oxygen atoms in total. The highest BCUT2D eigenvalue weighted by Crippen LogP contribution is 2.13. The van der Waals surface area contributed by atoms with Crippen LogP contribution >= 0.6 is 0 Å². The number of benzene rings is 1. The first kappa shape index (κ1) is 18.3. The lowest BCUT2D eigenvalue weighted by Crippen LogP contribution is -2.44. The Balaban J connectivity index is 2.30. The quantitative estimate of drug-likeness (QED) is 0.569. The van der Waals surface area contributed by atoms with E-state index in [9.17, 15) is 0 Å². The molecule has 0 fully saturated rings. The maximum Gasteiger partial charge on any atom is 0.191 e. The predicted molar refractivity (Wildman–Crippen MR) is 93.8 cm³/mol. The second kappa shape index (κ2) is 10.1. The third-order valence-corrected chi connectivity index (χ3v) is 3.43. The van der Waals surface area contributed by atoms with Crippen LogP contribution in [-0.4, -0.2) is 57.2 Å². The van der Waals surface area contributed by atoms with Crippen molar-refractivity contribution in [1.29, 1.82) is 0 Å². The van der Waals surface area contributed by atoms with E-state index in [4.69, 9.17) is 4.74 Å². The van der Waals surface area contributed by atoms with Crippen LogP contribution in [0.25, 0.3) is 0 Å². The molecule has 1 unspecified atom stereocenters. The van der Waals surface area contributed by atoms with Crippen LogP contribution < -0.4 is 15.4 Å². The van der Waals surface area contributed by atoms with Gasteiger partial charge in [-0.2, -0.15) is 0 Å². The number of nitrogens with zero attached hydrogens (tertiary/aromatic N) is 2. The van der Waals surface area contributed by atoms with Crippen molar-refractivity contribution in [2.75, 3.05) is 40.3 Å². The van der Waals surface area contributed by atoms with Crippen molar-refractivity contribution in [2.24, 2.45) is 4.99 Å². The van der Waals surface area contributed by atoms with Gasteiger partial charge in [0.2, 0.25) is 0 Å². The van der Waals surface area contributed by atoms with Crippen molar-refractivity contribution in [3.63, 3.8) is 0 Å². The smallest absolute Gasteiger partial charge is 0.191 e. The monoisotopic (exact) mass is 306 g/mol. The summed E-state index contributed by atoms with van der Waals surface area (Å²) in [6.07, 6.45) is 0.0682. The van der Waals surface area contributed by atoms with Gasteiger partial charge in [-0.15, -0.1) is 0 Å². The molecular formula is C17H30N4O. The maximum absolute atomic E-state index is 5.90. The van der Waals surface area contributed by atoms with Gasteiger partial charge >= 0.3 is 0 Å². The second-order valence-corrected chi connectivity index (χ2v) is 5.52. The second-order valence-electron chi connectivity index (χ2n) is 5.52. The van der Waals surface area contributed by atoms with E-state index in [1.54, 1.807) is 7.05 Å². The highest BCUT2D eigenvalue weighted by atomic mass is 16.5. The van der Waals surface area contributed by atoms with Crippen molar-refractivity contribution in [3.8, 4) is 5.75 Å². The van der Waals surface area contributed by atoms with Gasteiger partial charge in [0.05, 0.1) is 6.54 Å². The molecule has 0 aromatic heterocycles. The molecule has 22 heavy (non-hydrogen) atoms. The molecule has 1 rings (SSSR count). The van der Waals surface area contributed by atoms with Gasteiger partial charge in [-0.25, -0.2) is 0 Å². The summed E-state index contributed by atoms with van der Waals surface area (Å²) in [4.78, 5) is 6.48. The van der Waals surface area contributed by atoms with Crippen molar-refractivity contribution < 1.29 is 4.74 Å². The summed E-state index contributed by atoms with van der Waals surface area (Å²) < 4.78 is 5.90. The molecule has 0 aliphatic heterocycles. The van der Waals surface area contributed by atoms with Gasteiger partial charge in [-0.1, -0.05) is 19.1 Å². The van der Waals surface area contributed by atoms with Gasteiger partial charge in [-0.3, -0.25) is 4.99 Å². The van der Waals surface area contributed by atoms with Crippen LogP contribution in [0.2, 0.25) is 0 Å². The predicted octanol–water partition coefficient (Wildman–Crippen LogP) is 1.88. The van der Waals surface area contributed by atoms with E-state index in [2.05, 4.69) is 47.5 Å². The number of guanidine groups is 1. The maximum atomic E-state index is 5.90. The number of aryl methyl sites for hydroxylation is 1. The van der Waals surface area contributed by atoms with Crippen LogP contribution in [0, 0.1) is 6.92 Å². The summed E-state index contributed by atoms with van der Waals surface area (Å²) in [5.74, 6) is 1.71. The number of aliphatic imine (C=N–C) groups is 1. The molecule has 1 aromatic rings. The van der Waals surface area contributed by atoms with Gasteiger partial charge in [0.1, 0.15) is 11.9 Å². The van der Waals surface area contributed by atoms with Crippen molar-refractivity contribution in [1.82, 2.24) is 15.5 Å². The van der Waals surface area contributed by atoms with Gasteiger partial charge in [-0.05, 0) is 45.1 Å². The Bertz CT molecular complexity index is 462. The van der Waals surface area contributed by atoms with E-state index in [0.29, 0.717) is 6.54 Å². The molecule has 0 aliphatic carbocycles. The fourth-order valence-corrected chi connectivity index (χ4v) is 1.95. The molecule has 124 valence electrons. The molecule has 0 saturated heterocycles. The zero-order valence-corrected chi connectivity index (χ0v) is 14.5. The Morgan fingerprint density at radius 1 is 1.36 bits per heavy atom. The van der Waals surface area contributed by atoms with E-state index in [1.807, 2.05) is 25.1 Å². The molecule has 5 heteroatoms. The third kappa shape index (κ3) is 7.31. The molecule has 1 atom stereocenters. The normalized spacial score (nSPS) is 13.1. The highest BCUT2D eigenvalue weighted by Gasteiger charge is 2.06.